The van der Waals surface area contributed by atoms with Gasteiger partial charge in [-0.2, -0.15) is 4.37 Å². The number of rotatable bonds is 5. The molecule has 0 bridgehead atoms. The van der Waals surface area contributed by atoms with Crippen LogP contribution in [-0.4, -0.2) is 15.2 Å². The summed E-state index contributed by atoms with van der Waals surface area (Å²) in [6.07, 6.45) is 0.862. The van der Waals surface area contributed by atoms with Crippen LogP contribution in [0.2, 0.25) is 0 Å². The fourth-order valence-electron chi connectivity index (χ4n) is 1.49. The second kappa shape index (κ2) is 5.97. The molecule has 0 aliphatic heterocycles. The molecule has 2 rings (SSSR count). The van der Waals surface area contributed by atoms with E-state index in [4.69, 9.17) is 11.1 Å². The SMILES string of the molecule is CCc1nsc(SCc2ccccc2C(=N)N)n1. The molecule has 1 heterocycles. The van der Waals surface area contributed by atoms with Crippen molar-refractivity contribution in [2.45, 2.75) is 23.4 Å². The number of aromatic nitrogens is 2. The lowest BCUT2D eigenvalue weighted by Gasteiger charge is -2.06. The average molecular weight is 278 g/mol. The molecule has 0 spiro atoms. The van der Waals surface area contributed by atoms with Crippen molar-refractivity contribution in [3.8, 4) is 0 Å². The molecule has 2 aromatic rings. The zero-order chi connectivity index (χ0) is 13.0. The van der Waals surface area contributed by atoms with E-state index in [9.17, 15) is 0 Å². The average Bonchev–Trinajstić information content (AvgIpc) is 2.84. The van der Waals surface area contributed by atoms with Crippen LogP contribution in [0.1, 0.15) is 23.9 Å². The quantitative estimate of drug-likeness (QED) is 0.501. The van der Waals surface area contributed by atoms with E-state index in [1.807, 2.05) is 31.2 Å². The number of hydrogen-bond acceptors (Lipinski definition) is 5. The van der Waals surface area contributed by atoms with E-state index < -0.39 is 0 Å². The summed E-state index contributed by atoms with van der Waals surface area (Å²) in [5.41, 5.74) is 7.41. The van der Waals surface area contributed by atoms with Gasteiger partial charge in [0.2, 0.25) is 0 Å². The summed E-state index contributed by atoms with van der Waals surface area (Å²) < 4.78 is 5.21. The molecule has 0 radical (unpaired) electrons. The maximum absolute atomic E-state index is 7.54. The number of nitrogens with zero attached hydrogens (tertiary/aromatic N) is 2. The molecule has 0 aliphatic rings. The smallest absolute Gasteiger partial charge is 0.170 e. The lowest BCUT2D eigenvalue weighted by atomic mass is 10.1. The summed E-state index contributed by atoms with van der Waals surface area (Å²) in [5, 5.41) is 7.54. The van der Waals surface area contributed by atoms with E-state index in [-0.39, 0.29) is 5.84 Å². The molecule has 0 aliphatic carbocycles. The first kappa shape index (κ1) is 13.0. The van der Waals surface area contributed by atoms with Crippen LogP contribution in [0.5, 0.6) is 0 Å². The highest BCUT2D eigenvalue weighted by Crippen LogP contribution is 2.25. The molecular formula is C12H14N4S2. The Morgan fingerprint density at radius 1 is 1.44 bits per heavy atom. The molecule has 1 aromatic heterocycles. The third-order valence-corrected chi connectivity index (χ3v) is 4.34. The Labute approximate surface area is 114 Å². The van der Waals surface area contributed by atoms with Crippen molar-refractivity contribution in [3.63, 3.8) is 0 Å². The summed E-state index contributed by atoms with van der Waals surface area (Å²) in [5.74, 6) is 1.76. The molecule has 0 saturated heterocycles. The molecule has 0 fully saturated rings. The van der Waals surface area contributed by atoms with Gasteiger partial charge in [0, 0.05) is 17.7 Å². The lowest BCUT2D eigenvalue weighted by molar-refractivity contribution is 0.971. The van der Waals surface area contributed by atoms with Crippen molar-refractivity contribution >= 4 is 29.1 Å². The molecule has 4 nitrogen and oxygen atoms in total. The van der Waals surface area contributed by atoms with Crippen molar-refractivity contribution in [3.05, 3.63) is 41.2 Å². The monoisotopic (exact) mass is 278 g/mol. The highest BCUT2D eigenvalue weighted by molar-refractivity contribution is 8.00. The van der Waals surface area contributed by atoms with Gasteiger partial charge in [-0.25, -0.2) is 4.98 Å². The molecule has 1 aromatic carbocycles. The van der Waals surface area contributed by atoms with E-state index in [0.29, 0.717) is 0 Å². The summed E-state index contributed by atoms with van der Waals surface area (Å²) in [7, 11) is 0. The van der Waals surface area contributed by atoms with Gasteiger partial charge in [0.15, 0.2) is 4.34 Å². The van der Waals surface area contributed by atoms with Crippen molar-refractivity contribution in [2.75, 3.05) is 0 Å². The minimum atomic E-state index is 0.109. The highest BCUT2D eigenvalue weighted by Gasteiger charge is 2.07. The lowest BCUT2D eigenvalue weighted by Crippen LogP contribution is -2.13. The van der Waals surface area contributed by atoms with Crippen LogP contribution in [-0.2, 0) is 12.2 Å². The molecule has 94 valence electrons. The number of thioether (sulfide) groups is 1. The highest BCUT2D eigenvalue weighted by atomic mass is 32.2. The van der Waals surface area contributed by atoms with E-state index in [2.05, 4.69) is 9.36 Å². The molecule has 0 saturated carbocycles. The third kappa shape index (κ3) is 3.08. The van der Waals surface area contributed by atoms with Crippen LogP contribution in [0.4, 0.5) is 0 Å². The predicted octanol–water partition coefficient (Wildman–Crippen LogP) is 2.68. The van der Waals surface area contributed by atoms with Crippen molar-refractivity contribution < 1.29 is 0 Å². The van der Waals surface area contributed by atoms with Gasteiger partial charge < -0.3 is 5.73 Å². The van der Waals surface area contributed by atoms with Crippen LogP contribution >= 0.6 is 23.3 Å². The van der Waals surface area contributed by atoms with Crippen LogP contribution in [0.3, 0.4) is 0 Å². The molecule has 18 heavy (non-hydrogen) atoms. The number of amidine groups is 1. The van der Waals surface area contributed by atoms with Crippen LogP contribution in [0, 0.1) is 5.41 Å². The Balaban J connectivity index is 2.08. The normalized spacial score (nSPS) is 10.5. The predicted molar refractivity (Wildman–Crippen MR) is 76.3 cm³/mol. The molecular weight excluding hydrogens is 264 g/mol. The first-order valence-corrected chi connectivity index (χ1v) is 7.34. The molecule has 0 atom stereocenters. The summed E-state index contributed by atoms with van der Waals surface area (Å²) in [4.78, 5) is 4.40. The van der Waals surface area contributed by atoms with Gasteiger partial charge >= 0.3 is 0 Å². The largest absolute Gasteiger partial charge is 0.384 e. The van der Waals surface area contributed by atoms with Gasteiger partial charge in [-0.05, 0) is 17.1 Å². The number of hydrogen-bond donors (Lipinski definition) is 2. The fraction of sp³-hybridized carbons (Fsp3) is 0.250. The standard InChI is InChI=1S/C12H14N4S2/c1-2-10-15-12(18-16-10)17-7-8-5-3-4-6-9(8)11(13)14/h3-6H,2,7H2,1H3,(H3,13,14). The third-order valence-electron chi connectivity index (χ3n) is 2.42. The van der Waals surface area contributed by atoms with E-state index in [0.717, 1.165) is 33.5 Å². The second-order valence-electron chi connectivity index (χ2n) is 3.69. The zero-order valence-corrected chi connectivity index (χ0v) is 11.6. The van der Waals surface area contributed by atoms with Crippen molar-refractivity contribution in [1.29, 1.82) is 5.41 Å². The summed E-state index contributed by atoms with van der Waals surface area (Å²) >= 11 is 3.06. The molecule has 3 N–H and O–H groups in total. The van der Waals surface area contributed by atoms with E-state index >= 15 is 0 Å². The summed E-state index contributed by atoms with van der Waals surface area (Å²) in [6.45, 7) is 2.04. The summed E-state index contributed by atoms with van der Waals surface area (Å²) in [6, 6.07) is 7.71. The number of aryl methyl sites for hydroxylation is 1. The van der Waals surface area contributed by atoms with Crippen molar-refractivity contribution in [2.24, 2.45) is 5.73 Å². The number of nitrogens with one attached hydrogen (secondary N) is 1. The second-order valence-corrected chi connectivity index (χ2v) is 5.66. The Morgan fingerprint density at radius 3 is 2.89 bits per heavy atom. The Morgan fingerprint density at radius 2 is 2.22 bits per heavy atom. The van der Waals surface area contributed by atoms with E-state index in [1.54, 1.807) is 11.8 Å². The van der Waals surface area contributed by atoms with Crippen LogP contribution < -0.4 is 5.73 Å². The van der Waals surface area contributed by atoms with Crippen LogP contribution in [0.25, 0.3) is 0 Å². The molecule has 0 unspecified atom stereocenters. The van der Waals surface area contributed by atoms with Gasteiger partial charge in [0.05, 0.1) is 0 Å². The van der Waals surface area contributed by atoms with Crippen molar-refractivity contribution in [1.82, 2.24) is 9.36 Å². The number of benzene rings is 1. The number of nitrogen functional groups attached to an aromatic ring is 1. The Bertz CT molecular complexity index is 551. The molecule has 6 heteroatoms. The number of nitrogens with two attached hydrogens (primary N) is 1. The van der Waals surface area contributed by atoms with Gasteiger partial charge in [-0.3, -0.25) is 5.41 Å². The first-order valence-electron chi connectivity index (χ1n) is 5.58. The van der Waals surface area contributed by atoms with Gasteiger partial charge in [-0.1, -0.05) is 43.0 Å². The maximum atomic E-state index is 7.54. The maximum Gasteiger partial charge on any atom is 0.170 e. The minimum Gasteiger partial charge on any atom is -0.384 e. The fourth-order valence-corrected chi connectivity index (χ4v) is 3.19. The Hall–Kier alpha value is -1.40. The van der Waals surface area contributed by atoms with Gasteiger partial charge in [0.25, 0.3) is 0 Å². The van der Waals surface area contributed by atoms with Gasteiger partial charge in [0.1, 0.15) is 11.7 Å². The van der Waals surface area contributed by atoms with Gasteiger partial charge in [-0.15, -0.1) is 0 Å². The molecule has 0 amide bonds. The zero-order valence-electron chi connectivity index (χ0n) is 10.0. The topological polar surface area (TPSA) is 75.7 Å². The Kier molecular flexibility index (Phi) is 4.33. The minimum absolute atomic E-state index is 0.109. The van der Waals surface area contributed by atoms with Crippen LogP contribution in [0.15, 0.2) is 28.6 Å². The first-order chi connectivity index (χ1) is 8.70. The van der Waals surface area contributed by atoms with E-state index in [1.165, 1.54) is 11.5 Å².